The molecule has 0 spiro atoms. The second-order valence-electron chi connectivity index (χ2n) is 5.44. The molecule has 2 rings (SSSR count). The molecule has 1 amide bonds. The normalized spacial score (nSPS) is 17.7. The fraction of sp³-hybridized carbons (Fsp3) is 0.533. The predicted octanol–water partition coefficient (Wildman–Crippen LogP) is 0.882. The molecule has 1 heterocycles. The lowest BCUT2D eigenvalue weighted by Gasteiger charge is -2.35. The number of carbonyl (C=O) groups excluding carboxylic acids is 1. The van der Waals surface area contributed by atoms with Gasteiger partial charge in [-0.15, -0.1) is 11.6 Å². The maximum Gasteiger partial charge on any atom is 0.237 e. The van der Waals surface area contributed by atoms with E-state index in [0.717, 1.165) is 5.69 Å². The molecule has 1 unspecified atom stereocenters. The number of piperazine rings is 1. The van der Waals surface area contributed by atoms with Gasteiger partial charge in [0.15, 0.2) is 0 Å². The molecule has 1 atom stereocenters. The number of anilines is 1. The summed E-state index contributed by atoms with van der Waals surface area (Å²) in [6.45, 7) is 3.86. The molecule has 0 saturated carbocycles. The maximum absolute atomic E-state index is 12.3. The molecule has 6 nitrogen and oxygen atoms in total. The highest BCUT2D eigenvalue weighted by atomic mass is 35.5. The summed E-state index contributed by atoms with van der Waals surface area (Å²) >= 11 is 5.62. The van der Waals surface area contributed by atoms with E-state index in [1.807, 2.05) is 30.3 Å². The van der Waals surface area contributed by atoms with E-state index < -0.39 is 15.4 Å². The first-order valence-corrected chi connectivity index (χ1v) is 9.64. The van der Waals surface area contributed by atoms with Crippen molar-refractivity contribution in [2.75, 3.05) is 43.4 Å². The highest BCUT2D eigenvalue weighted by Gasteiger charge is 2.26. The number of carbonyl (C=O) groups is 1. The van der Waals surface area contributed by atoms with E-state index in [2.05, 4.69) is 10.2 Å². The number of amides is 1. The molecule has 128 valence electrons. The Labute approximate surface area is 142 Å². The lowest BCUT2D eigenvalue weighted by molar-refractivity contribution is -0.120. The quantitative estimate of drug-likeness (QED) is 0.765. The lowest BCUT2D eigenvalue weighted by atomic mass is 10.2. The van der Waals surface area contributed by atoms with Gasteiger partial charge in [0.2, 0.25) is 15.9 Å². The van der Waals surface area contributed by atoms with Crippen molar-refractivity contribution < 1.29 is 13.2 Å². The van der Waals surface area contributed by atoms with Crippen molar-refractivity contribution in [3.63, 3.8) is 0 Å². The van der Waals surface area contributed by atoms with E-state index in [1.54, 1.807) is 6.92 Å². The number of rotatable bonds is 6. The SMILES string of the molecule is CC(Cl)C(=O)NCCS(=O)(=O)N1CCN(c2ccccc2)CC1. The molecule has 23 heavy (non-hydrogen) atoms. The van der Waals surface area contributed by atoms with E-state index in [1.165, 1.54) is 4.31 Å². The van der Waals surface area contributed by atoms with Gasteiger partial charge in [0.25, 0.3) is 0 Å². The van der Waals surface area contributed by atoms with Crippen molar-refractivity contribution >= 4 is 33.2 Å². The largest absolute Gasteiger partial charge is 0.369 e. The molecule has 8 heteroatoms. The van der Waals surface area contributed by atoms with Gasteiger partial charge in [0.05, 0.1) is 5.75 Å². The van der Waals surface area contributed by atoms with E-state index in [9.17, 15) is 13.2 Å². The second-order valence-corrected chi connectivity index (χ2v) is 8.19. The van der Waals surface area contributed by atoms with Gasteiger partial charge in [-0.2, -0.15) is 4.31 Å². The molecule has 1 fully saturated rings. The van der Waals surface area contributed by atoms with Gasteiger partial charge in [-0.05, 0) is 19.1 Å². The topological polar surface area (TPSA) is 69.7 Å². The van der Waals surface area contributed by atoms with Gasteiger partial charge >= 0.3 is 0 Å². The molecule has 1 aliphatic rings. The summed E-state index contributed by atoms with van der Waals surface area (Å²) in [7, 11) is -3.36. The summed E-state index contributed by atoms with van der Waals surface area (Å²) in [5.41, 5.74) is 1.10. The van der Waals surface area contributed by atoms with E-state index in [-0.39, 0.29) is 18.2 Å². The molecule has 0 aliphatic carbocycles. The van der Waals surface area contributed by atoms with Crippen LogP contribution in [0, 0.1) is 0 Å². The first kappa shape index (κ1) is 18.0. The molecule has 1 aliphatic heterocycles. The molecular formula is C15H22ClN3O3S. The van der Waals surface area contributed by atoms with Gasteiger partial charge in [-0.1, -0.05) is 18.2 Å². The Kier molecular flexibility index (Phi) is 6.26. The van der Waals surface area contributed by atoms with Crippen LogP contribution in [0.2, 0.25) is 0 Å². The predicted molar refractivity (Wildman–Crippen MR) is 92.3 cm³/mol. The Balaban J connectivity index is 1.82. The Morgan fingerprint density at radius 3 is 2.39 bits per heavy atom. The zero-order chi connectivity index (χ0) is 16.9. The van der Waals surface area contributed by atoms with Crippen LogP contribution in [0.15, 0.2) is 30.3 Å². The second kappa shape index (κ2) is 7.99. The van der Waals surface area contributed by atoms with Crippen molar-refractivity contribution in [2.45, 2.75) is 12.3 Å². The van der Waals surface area contributed by atoms with E-state index >= 15 is 0 Å². The van der Waals surface area contributed by atoms with Gasteiger partial charge < -0.3 is 10.2 Å². The number of para-hydroxylation sites is 1. The third-order valence-electron chi connectivity index (χ3n) is 3.77. The standard InChI is InChI=1S/C15H22ClN3O3S/c1-13(16)15(20)17-7-12-23(21,22)19-10-8-18(9-11-19)14-5-3-2-4-6-14/h2-6,13H,7-12H2,1H3,(H,17,20). The van der Waals surface area contributed by atoms with Crippen molar-refractivity contribution in [1.82, 2.24) is 9.62 Å². The number of halogens is 1. The summed E-state index contributed by atoms with van der Waals surface area (Å²) in [5.74, 6) is -0.455. The van der Waals surface area contributed by atoms with Crippen LogP contribution in [0.25, 0.3) is 0 Å². The summed E-state index contributed by atoms with van der Waals surface area (Å²) in [5, 5.41) is 1.86. The zero-order valence-corrected chi connectivity index (χ0v) is 14.7. The highest BCUT2D eigenvalue weighted by molar-refractivity contribution is 7.89. The van der Waals surface area contributed by atoms with E-state index in [0.29, 0.717) is 26.2 Å². The summed E-state index contributed by atoms with van der Waals surface area (Å²) < 4.78 is 26.1. The average Bonchev–Trinajstić information content (AvgIpc) is 2.55. The zero-order valence-electron chi connectivity index (χ0n) is 13.1. The fourth-order valence-corrected chi connectivity index (χ4v) is 3.85. The number of benzene rings is 1. The van der Waals surface area contributed by atoms with Crippen LogP contribution < -0.4 is 10.2 Å². The van der Waals surface area contributed by atoms with Gasteiger partial charge in [0, 0.05) is 38.4 Å². The number of hydrogen-bond donors (Lipinski definition) is 1. The van der Waals surface area contributed by atoms with E-state index in [4.69, 9.17) is 11.6 Å². The van der Waals surface area contributed by atoms with Crippen LogP contribution in [-0.4, -0.2) is 62.5 Å². The van der Waals surface area contributed by atoms with Gasteiger partial charge in [-0.25, -0.2) is 8.42 Å². The van der Waals surface area contributed by atoms with Crippen LogP contribution in [-0.2, 0) is 14.8 Å². The first-order valence-electron chi connectivity index (χ1n) is 7.60. The Morgan fingerprint density at radius 1 is 1.22 bits per heavy atom. The van der Waals surface area contributed by atoms with Crippen LogP contribution in [0.3, 0.4) is 0 Å². The molecule has 0 bridgehead atoms. The highest BCUT2D eigenvalue weighted by Crippen LogP contribution is 2.17. The number of nitrogens with zero attached hydrogens (tertiary/aromatic N) is 2. The van der Waals surface area contributed by atoms with Crippen molar-refractivity contribution in [2.24, 2.45) is 0 Å². The Hall–Kier alpha value is -1.31. The van der Waals surface area contributed by atoms with Crippen LogP contribution in [0.1, 0.15) is 6.92 Å². The maximum atomic E-state index is 12.3. The summed E-state index contributed by atoms with van der Waals surface area (Å²) in [6.07, 6.45) is 0. The fourth-order valence-electron chi connectivity index (χ4n) is 2.44. The number of sulfonamides is 1. The van der Waals surface area contributed by atoms with Crippen molar-refractivity contribution in [3.8, 4) is 0 Å². The third kappa shape index (κ3) is 5.09. The lowest BCUT2D eigenvalue weighted by Crippen LogP contribution is -2.50. The summed E-state index contributed by atoms with van der Waals surface area (Å²) in [6, 6.07) is 9.94. The number of hydrogen-bond acceptors (Lipinski definition) is 4. The minimum Gasteiger partial charge on any atom is -0.369 e. The van der Waals surface area contributed by atoms with Crippen molar-refractivity contribution in [1.29, 1.82) is 0 Å². The van der Waals surface area contributed by atoms with Crippen LogP contribution in [0.4, 0.5) is 5.69 Å². The molecular weight excluding hydrogens is 338 g/mol. The minimum absolute atomic E-state index is 0.0805. The van der Waals surface area contributed by atoms with Gasteiger partial charge in [-0.3, -0.25) is 4.79 Å². The average molecular weight is 360 g/mol. The summed E-state index contributed by atoms with van der Waals surface area (Å²) in [4.78, 5) is 13.5. The first-order chi connectivity index (χ1) is 10.9. The number of alkyl halides is 1. The van der Waals surface area contributed by atoms with Gasteiger partial charge in [0.1, 0.15) is 5.38 Å². The Morgan fingerprint density at radius 2 is 1.83 bits per heavy atom. The molecule has 1 N–H and O–H groups in total. The minimum atomic E-state index is -3.36. The van der Waals surface area contributed by atoms with Crippen LogP contribution in [0.5, 0.6) is 0 Å². The monoisotopic (exact) mass is 359 g/mol. The molecule has 1 aromatic carbocycles. The molecule has 1 saturated heterocycles. The molecule has 0 radical (unpaired) electrons. The molecule has 0 aromatic heterocycles. The smallest absolute Gasteiger partial charge is 0.237 e. The van der Waals surface area contributed by atoms with Crippen LogP contribution >= 0.6 is 11.6 Å². The van der Waals surface area contributed by atoms with Crippen molar-refractivity contribution in [3.05, 3.63) is 30.3 Å². The third-order valence-corrected chi connectivity index (χ3v) is 5.84. The Bertz CT molecular complexity index is 614. The molecule has 1 aromatic rings. The number of nitrogens with one attached hydrogen (secondary N) is 1.